The van der Waals surface area contributed by atoms with Crippen molar-refractivity contribution >= 4 is 46.0 Å². The lowest BCUT2D eigenvalue weighted by Gasteiger charge is -2.28. The number of hydrogen-bond acceptors (Lipinski definition) is 5. The van der Waals surface area contributed by atoms with Crippen LogP contribution in [0.25, 0.3) is 0 Å². The summed E-state index contributed by atoms with van der Waals surface area (Å²) in [4.78, 5) is 28.4. The molecule has 1 N–H and O–H groups in total. The molecule has 0 saturated carbocycles. The van der Waals surface area contributed by atoms with Crippen molar-refractivity contribution in [2.45, 2.75) is 52.2 Å². The molecule has 0 fully saturated rings. The highest BCUT2D eigenvalue weighted by Gasteiger charge is 2.26. The first-order valence-corrected chi connectivity index (χ1v) is 11.1. The highest BCUT2D eigenvalue weighted by Crippen LogP contribution is 2.25. The second-order valence-electron chi connectivity index (χ2n) is 5.97. The van der Waals surface area contributed by atoms with Crippen LogP contribution in [0.15, 0.2) is 35.0 Å². The molecule has 2 amide bonds. The van der Waals surface area contributed by atoms with Crippen LogP contribution in [0, 0.1) is 0 Å². The Morgan fingerprint density at radius 2 is 1.73 bits per heavy atom. The van der Waals surface area contributed by atoms with E-state index in [1.807, 2.05) is 41.9 Å². The molecule has 0 aliphatic heterocycles. The molecule has 8 heteroatoms. The minimum Gasteiger partial charge on any atom is -0.464 e. The fourth-order valence-corrected chi connectivity index (χ4v) is 4.66. The Hall–Kier alpha value is -1.51. The number of carboxylic acid groups (broad SMARTS) is 1. The van der Waals surface area contributed by atoms with Crippen molar-refractivity contribution in [3.05, 3.63) is 44.8 Å². The molecule has 0 unspecified atom stereocenters. The zero-order chi connectivity index (χ0) is 18.9. The first-order valence-electron chi connectivity index (χ1n) is 8.55. The van der Waals surface area contributed by atoms with Gasteiger partial charge < -0.3 is 10.0 Å². The number of unbranched alkanes of at least 4 members (excludes halogenated alkanes) is 1. The molecule has 142 valence electrons. The van der Waals surface area contributed by atoms with Gasteiger partial charge in [0.15, 0.2) is 0 Å². The van der Waals surface area contributed by atoms with Crippen molar-refractivity contribution < 1.29 is 14.7 Å². The first kappa shape index (κ1) is 20.8. The van der Waals surface area contributed by atoms with Crippen LogP contribution in [-0.2, 0) is 13.1 Å². The van der Waals surface area contributed by atoms with Crippen LogP contribution in [0.3, 0.4) is 0 Å². The molecule has 2 heterocycles. The Morgan fingerprint density at radius 3 is 2.15 bits per heavy atom. The lowest BCUT2D eigenvalue weighted by molar-refractivity contribution is 0.164. The van der Waals surface area contributed by atoms with Gasteiger partial charge in [-0.3, -0.25) is 4.79 Å². The number of rotatable bonds is 8. The molecule has 26 heavy (non-hydrogen) atoms. The fourth-order valence-electron chi connectivity index (χ4n) is 2.44. The normalized spacial score (nSPS) is 11.9. The van der Waals surface area contributed by atoms with E-state index in [-0.39, 0.29) is 11.3 Å². The first-order chi connectivity index (χ1) is 12.5. The van der Waals surface area contributed by atoms with Crippen LogP contribution in [0.1, 0.15) is 42.9 Å². The van der Waals surface area contributed by atoms with Gasteiger partial charge in [-0.2, -0.15) is 0 Å². The highest BCUT2D eigenvalue weighted by molar-refractivity contribution is 8.11. The van der Waals surface area contributed by atoms with E-state index in [1.165, 1.54) is 4.31 Å². The van der Waals surface area contributed by atoms with Crippen LogP contribution >= 0.6 is 34.6 Å². The van der Waals surface area contributed by atoms with Gasteiger partial charge in [0.2, 0.25) is 0 Å². The summed E-state index contributed by atoms with van der Waals surface area (Å²) in [6.07, 6.45) is 1.62. The number of carbonyl (C=O) groups is 2. The van der Waals surface area contributed by atoms with E-state index in [9.17, 15) is 14.7 Å². The third kappa shape index (κ3) is 6.34. The Morgan fingerprint density at radius 1 is 1.15 bits per heavy atom. The quantitative estimate of drug-likeness (QED) is 0.529. The molecule has 0 aliphatic rings. The molecule has 0 spiro atoms. The van der Waals surface area contributed by atoms with E-state index < -0.39 is 6.09 Å². The molecule has 0 aliphatic carbocycles. The van der Waals surface area contributed by atoms with Gasteiger partial charge in [-0.1, -0.05) is 31.9 Å². The third-order valence-corrected chi connectivity index (χ3v) is 6.70. The van der Waals surface area contributed by atoms with E-state index in [0.717, 1.165) is 41.0 Å². The van der Waals surface area contributed by atoms with Gasteiger partial charge in [0.1, 0.15) is 0 Å². The van der Waals surface area contributed by atoms with Crippen LogP contribution in [-0.4, -0.2) is 31.7 Å². The van der Waals surface area contributed by atoms with Crippen molar-refractivity contribution in [1.29, 1.82) is 0 Å². The lowest BCUT2D eigenvalue weighted by Crippen LogP contribution is -2.36. The van der Waals surface area contributed by atoms with E-state index in [0.29, 0.717) is 13.1 Å². The minimum absolute atomic E-state index is 0.202. The maximum Gasteiger partial charge on any atom is 0.418 e. The second-order valence-corrected chi connectivity index (χ2v) is 8.96. The predicted octanol–water partition coefficient (Wildman–Crippen LogP) is 6.14. The van der Waals surface area contributed by atoms with Crippen LogP contribution < -0.4 is 0 Å². The minimum atomic E-state index is -1.07. The van der Waals surface area contributed by atoms with E-state index in [4.69, 9.17) is 0 Å². The summed E-state index contributed by atoms with van der Waals surface area (Å²) in [7, 11) is 0. The predicted molar refractivity (Wildman–Crippen MR) is 110 cm³/mol. The van der Waals surface area contributed by atoms with Gasteiger partial charge in [0.25, 0.3) is 0 Å². The number of carbonyl (C=O) groups excluding carboxylic acids is 1. The summed E-state index contributed by atoms with van der Waals surface area (Å²) < 4.78 is 1.19. The van der Waals surface area contributed by atoms with Crippen molar-refractivity contribution in [2.24, 2.45) is 0 Å². The average Bonchev–Trinajstić information content (AvgIpc) is 3.30. The summed E-state index contributed by atoms with van der Waals surface area (Å²) in [5, 5.41) is 13.2. The molecule has 2 aromatic heterocycles. The highest BCUT2D eigenvalue weighted by atomic mass is 32.2. The van der Waals surface area contributed by atoms with Gasteiger partial charge in [-0.25, -0.2) is 9.10 Å². The molecule has 2 rings (SSSR count). The summed E-state index contributed by atoms with van der Waals surface area (Å²) >= 11 is 3.98. The Kier molecular flexibility index (Phi) is 8.47. The van der Waals surface area contributed by atoms with Gasteiger partial charge in [0.05, 0.1) is 25.0 Å². The molecule has 0 bridgehead atoms. The van der Waals surface area contributed by atoms with Crippen LogP contribution in [0.4, 0.5) is 9.59 Å². The van der Waals surface area contributed by atoms with Gasteiger partial charge in [0, 0.05) is 15.8 Å². The van der Waals surface area contributed by atoms with Gasteiger partial charge in [-0.15, -0.1) is 22.7 Å². The van der Waals surface area contributed by atoms with Gasteiger partial charge in [-0.05, 0) is 36.2 Å². The average molecular weight is 413 g/mol. The van der Waals surface area contributed by atoms with Crippen LogP contribution in [0.2, 0.25) is 0 Å². The topological polar surface area (TPSA) is 60.9 Å². The molecule has 0 saturated heterocycles. The smallest absolute Gasteiger partial charge is 0.418 e. The fraction of sp³-hybridized carbons (Fsp3) is 0.444. The number of thiophene rings is 2. The molecule has 0 aromatic carbocycles. The number of amides is 2. The monoisotopic (exact) mass is 412 g/mol. The van der Waals surface area contributed by atoms with Crippen molar-refractivity contribution in [3.8, 4) is 0 Å². The molecule has 2 aromatic rings. The Labute approximate surface area is 166 Å². The SMILES string of the molecule is CCCC[C@H](C)N(SC(=O)N(Cc1cccs1)Cc1cccs1)C(=O)O. The zero-order valence-corrected chi connectivity index (χ0v) is 17.4. The summed E-state index contributed by atoms with van der Waals surface area (Å²) in [5.41, 5.74) is 0. The summed E-state index contributed by atoms with van der Waals surface area (Å²) in [6.45, 7) is 4.89. The van der Waals surface area contributed by atoms with E-state index >= 15 is 0 Å². The number of hydrogen-bond donors (Lipinski definition) is 1. The molecule has 1 atom stereocenters. The van der Waals surface area contributed by atoms with Crippen LogP contribution in [0.5, 0.6) is 0 Å². The van der Waals surface area contributed by atoms with Crippen molar-refractivity contribution in [3.63, 3.8) is 0 Å². The summed E-state index contributed by atoms with van der Waals surface area (Å²) in [6, 6.07) is 7.69. The second kappa shape index (κ2) is 10.6. The molecule has 5 nitrogen and oxygen atoms in total. The van der Waals surface area contributed by atoms with Crippen molar-refractivity contribution in [2.75, 3.05) is 0 Å². The lowest BCUT2D eigenvalue weighted by atomic mass is 10.1. The molecule has 0 radical (unpaired) electrons. The third-order valence-electron chi connectivity index (χ3n) is 3.85. The largest absolute Gasteiger partial charge is 0.464 e. The number of nitrogens with zero attached hydrogens (tertiary/aromatic N) is 2. The Bertz CT molecular complexity index is 638. The molecular weight excluding hydrogens is 388 g/mol. The maximum atomic E-state index is 12.9. The van der Waals surface area contributed by atoms with E-state index in [2.05, 4.69) is 6.92 Å². The standard InChI is InChI=1S/C18H24N2O3S3/c1-3-4-7-14(2)20(17(21)22)26-18(23)19(12-15-8-5-10-24-15)13-16-9-6-11-25-16/h5-6,8-11,14H,3-4,7,12-13H2,1-2H3,(H,21,22)/t14-/m0/s1. The van der Waals surface area contributed by atoms with Crippen molar-refractivity contribution in [1.82, 2.24) is 9.21 Å². The van der Waals surface area contributed by atoms with E-state index in [1.54, 1.807) is 27.6 Å². The maximum absolute atomic E-state index is 12.9. The molecular formula is C18H24N2O3S3. The van der Waals surface area contributed by atoms with Gasteiger partial charge >= 0.3 is 11.3 Å². The Balaban J connectivity index is 2.08. The summed E-state index contributed by atoms with van der Waals surface area (Å²) in [5.74, 6) is 0. The zero-order valence-electron chi connectivity index (χ0n) is 15.0.